The highest BCUT2D eigenvalue weighted by molar-refractivity contribution is 6.04. The summed E-state index contributed by atoms with van der Waals surface area (Å²) in [5.41, 5.74) is 9.43. The van der Waals surface area contributed by atoms with Crippen LogP contribution in [-0.2, 0) is 23.9 Å². The number of carbonyl (C=O) groups excluding carboxylic acids is 4. The van der Waals surface area contributed by atoms with Crippen LogP contribution in [0.3, 0.4) is 0 Å². The quantitative estimate of drug-likeness (QED) is 0.123. The van der Waals surface area contributed by atoms with Crippen LogP contribution in [-0.4, -0.2) is 41.8 Å². The number of para-hydroxylation sites is 2. The lowest BCUT2D eigenvalue weighted by Crippen LogP contribution is -3.44. The average molecular weight is 585 g/mol. The van der Waals surface area contributed by atoms with Gasteiger partial charge in [0.25, 0.3) is 0 Å². The summed E-state index contributed by atoms with van der Waals surface area (Å²) in [6.45, 7) is 0. The van der Waals surface area contributed by atoms with Gasteiger partial charge < -0.3 is 41.6 Å². The Labute approximate surface area is 208 Å². The van der Waals surface area contributed by atoms with Crippen molar-refractivity contribution in [2.24, 2.45) is 0 Å². The number of H-pyrrole nitrogens is 1. The van der Waals surface area contributed by atoms with Crippen molar-refractivity contribution in [3.63, 3.8) is 0 Å². The van der Waals surface area contributed by atoms with E-state index in [0.29, 0.717) is 18.5 Å². The Morgan fingerprint density at radius 2 is 1.65 bits per heavy atom. The summed E-state index contributed by atoms with van der Waals surface area (Å²) in [6.07, 6.45) is 2.41. The van der Waals surface area contributed by atoms with Crippen molar-refractivity contribution in [3.8, 4) is 0 Å². The molecule has 1 heterocycles. The Bertz CT molecular complexity index is 1170. The van der Waals surface area contributed by atoms with Crippen molar-refractivity contribution in [1.82, 2.24) is 4.98 Å². The third-order valence-corrected chi connectivity index (χ3v) is 4.68. The summed E-state index contributed by atoms with van der Waals surface area (Å²) >= 11 is -1.41. The first-order valence-electron chi connectivity index (χ1n) is 10.2. The third-order valence-electron chi connectivity index (χ3n) is 4.68. The standard InChI is InChI=1S/C11H12N2O4.C11H12N2O2.HIO/c12-8(11(16)17)5-10(15)7-3-1-2-4-9(7)13-6-14;12-9(11(14)15)5-7-6-13-10-4-2-1-3-8(7)10;1-2/h1-4,6,8H,5,12H2,(H,13,14)(H,16,17);1-4,6,9,13H,5,12H2,(H,14,15);1H/i;;1D. The zero-order valence-electron chi connectivity index (χ0n) is 19.0. The maximum atomic E-state index is 11.8. The summed E-state index contributed by atoms with van der Waals surface area (Å²) in [4.78, 5) is 46.3. The van der Waals surface area contributed by atoms with Crippen LogP contribution in [0.2, 0.25) is 0 Å². The van der Waals surface area contributed by atoms with E-state index >= 15 is 0 Å². The van der Waals surface area contributed by atoms with E-state index in [-0.39, 0.29) is 12.0 Å². The predicted molar refractivity (Wildman–Crippen MR) is 127 cm³/mol. The minimum absolute atomic E-state index is 0.259. The van der Waals surface area contributed by atoms with E-state index in [1.54, 1.807) is 18.2 Å². The van der Waals surface area contributed by atoms with Gasteiger partial charge in [0.15, 0.2) is 5.78 Å². The van der Waals surface area contributed by atoms with Crippen LogP contribution in [0.5, 0.6) is 0 Å². The van der Waals surface area contributed by atoms with Gasteiger partial charge >= 0.3 is 0 Å². The molecule has 12 heteroatoms. The number of benzene rings is 2. The number of anilines is 1. The molecule has 2 atom stereocenters. The molecule has 0 aliphatic heterocycles. The molecule has 0 saturated heterocycles. The zero-order valence-corrected chi connectivity index (χ0v) is 20.1. The van der Waals surface area contributed by atoms with Gasteiger partial charge in [-0.05, 0) is 23.8 Å². The van der Waals surface area contributed by atoms with E-state index in [9.17, 15) is 29.4 Å². The van der Waals surface area contributed by atoms with Crippen LogP contribution in [0.25, 0.3) is 10.9 Å². The van der Waals surface area contributed by atoms with E-state index in [4.69, 9.17) is 3.66 Å². The second kappa shape index (κ2) is 14.6. The molecule has 1 aromatic heterocycles. The van der Waals surface area contributed by atoms with Gasteiger partial charge in [0, 0.05) is 29.1 Å². The topological polar surface area (TPSA) is 215 Å². The number of carboxylic acids is 2. The Balaban J connectivity index is 0.000000316. The number of nitrogens with one attached hydrogen (secondary N) is 2. The number of aromatic nitrogens is 1. The number of carboxylic acid groups (broad SMARTS) is 2. The molecule has 0 bridgehead atoms. The highest BCUT2D eigenvalue weighted by Crippen LogP contribution is 2.18. The van der Waals surface area contributed by atoms with Gasteiger partial charge in [-0.2, -0.15) is 0 Å². The molecule has 2 unspecified atom stereocenters. The number of carbonyl (C=O) groups is 4. The summed E-state index contributed by atoms with van der Waals surface area (Å²) in [6, 6.07) is 12.3. The number of quaternary nitrogens is 2. The molecule has 182 valence electrons. The number of fused-ring (bicyclic) bond motifs is 1. The fourth-order valence-corrected chi connectivity index (χ4v) is 2.98. The fraction of sp³-hybridized carbons (Fsp3) is 0.182. The minimum Gasteiger partial charge on any atom is -0.544 e. The zero-order chi connectivity index (χ0) is 26.4. The molecule has 34 heavy (non-hydrogen) atoms. The number of rotatable bonds is 9. The van der Waals surface area contributed by atoms with Crippen molar-refractivity contribution >= 4 is 63.1 Å². The number of halogens is 1. The molecule has 0 radical (unpaired) electrons. The van der Waals surface area contributed by atoms with E-state index in [0.717, 1.165) is 16.5 Å². The Morgan fingerprint density at radius 3 is 2.26 bits per heavy atom. The van der Waals surface area contributed by atoms with Gasteiger partial charge in [-0.3, -0.25) is 12.7 Å². The van der Waals surface area contributed by atoms with Crippen molar-refractivity contribution < 1.29 is 43.9 Å². The van der Waals surface area contributed by atoms with Crippen molar-refractivity contribution in [2.75, 3.05) is 5.32 Å². The van der Waals surface area contributed by atoms with Gasteiger partial charge in [0.05, 0.1) is 24.0 Å². The van der Waals surface area contributed by atoms with Crippen LogP contribution in [0, 0.1) is 0 Å². The molecule has 0 fully saturated rings. The van der Waals surface area contributed by atoms with Crippen molar-refractivity contribution in [2.45, 2.75) is 24.9 Å². The molecule has 0 spiro atoms. The molecular weight excluding hydrogens is 559 g/mol. The monoisotopic (exact) mass is 585 g/mol. The molecule has 0 aliphatic carbocycles. The number of ketones is 1. The molecule has 1 amide bonds. The highest BCUT2D eigenvalue weighted by atomic mass is 127. The predicted octanol–water partition coefficient (Wildman–Crippen LogP) is -2.24. The molecule has 8 N–H and O–H groups in total. The lowest BCUT2D eigenvalue weighted by molar-refractivity contribution is -1.000. The largest absolute Gasteiger partial charge is 0.544 e. The molecule has 0 aliphatic rings. The lowest BCUT2D eigenvalue weighted by atomic mass is 10.0. The number of amides is 1. The lowest BCUT2D eigenvalue weighted by Gasteiger charge is -2.10. The van der Waals surface area contributed by atoms with Crippen LogP contribution in [0.1, 0.15) is 22.3 Å². The number of hydrogen-bond acceptors (Lipinski definition) is 7. The van der Waals surface area contributed by atoms with E-state index in [1.807, 2.05) is 30.5 Å². The van der Waals surface area contributed by atoms with Crippen LogP contribution in [0.4, 0.5) is 5.69 Å². The van der Waals surface area contributed by atoms with Gasteiger partial charge in [-0.1, -0.05) is 30.3 Å². The summed E-state index contributed by atoms with van der Waals surface area (Å²) in [7, 11) is 0. The third kappa shape index (κ3) is 8.46. The first-order chi connectivity index (χ1) is 16.7. The number of aromatic amines is 1. The first-order valence-corrected chi connectivity index (χ1v) is 10.7. The molecule has 3 rings (SSSR count). The maximum Gasteiger partial charge on any atom is 0.211 e. The van der Waals surface area contributed by atoms with Gasteiger partial charge in [-0.25, -0.2) is 0 Å². The molecule has 3 aromatic rings. The van der Waals surface area contributed by atoms with Gasteiger partial charge in [0.1, 0.15) is 35.1 Å². The second-order valence-corrected chi connectivity index (χ2v) is 7.03. The van der Waals surface area contributed by atoms with E-state index < -0.39 is 52.2 Å². The van der Waals surface area contributed by atoms with Crippen LogP contribution >= 0.6 is 22.4 Å². The number of hydrogen-bond donors (Lipinski definition) is 4. The van der Waals surface area contributed by atoms with Crippen LogP contribution < -0.4 is 27.0 Å². The second-order valence-electron chi connectivity index (χ2n) is 7.03. The normalized spacial score (nSPS) is 12.0. The number of Topliss-reactive ketones (excluding diaryl/α,β-unsaturated/α-hetero) is 1. The molecule has 11 nitrogen and oxygen atoms in total. The summed E-state index contributed by atoms with van der Waals surface area (Å²) < 4.78 is 14.5. The Hall–Kier alpha value is -3.49. The van der Waals surface area contributed by atoms with Crippen molar-refractivity contribution in [1.29, 1.82) is 0.594 Å². The Kier molecular flexibility index (Phi) is 11.5. The molecule has 0 saturated carbocycles. The molecular formula is C22H25IN4O7. The SMILES string of the molecule is [2H]I=O.[NH3+]C(CC(=O)c1ccccc1NC=O)C(=O)[O-].[NH3+]C(Cc1c[nH]c2ccccc12)C(=O)[O-]. The van der Waals surface area contributed by atoms with E-state index in [1.165, 1.54) is 6.07 Å². The fourth-order valence-electron chi connectivity index (χ4n) is 2.98. The maximum absolute atomic E-state index is 11.8. The van der Waals surface area contributed by atoms with Crippen LogP contribution in [0.15, 0.2) is 54.7 Å². The minimum atomic E-state index is -1.41. The Morgan fingerprint density at radius 1 is 1.06 bits per heavy atom. The van der Waals surface area contributed by atoms with E-state index in [2.05, 4.69) is 21.8 Å². The smallest absolute Gasteiger partial charge is 0.211 e. The average Bonchev–Trinajstić information content (AvgIpc) is 3.23. The van der Waals surface area contributed by atoms with Gasteiger partial charge in [0.2, 0.25) is 6.41 Å². The summed E-state index contributed by atoms with van der Waals surface area (Å²) in [5, 5.41) is 24.5. The summed E-state index contributed by atoms with van der Waals surface area (Å²) in [5.74, 6) is -2.89. The highest BCUT2D eigenvalue weighted by Gasteiger charge is 2.17. The van der Waals surface area contributed by atoms with Crippen molar-refractivity contribution in [3.05, 3.63) is 65.9 Å². The van der Waals surface area contributed by atoms with Gasteiger partial charge in [-0.15, -0.1) is 0 Å². The number of aliphatic carboxylic acids is 2. The first kappa shape index (κ1) is 26.8. The molecule has 2 aromatic carbocycles.